The lowest BCUT2D eigenvalue weighted by atomic mass is 9.89. The Hall–Kier alpha value is -2.03. The first-order chi connectivity index (χ1) is 9.11. The number of amides is 4. The highest BCUT2D eigenvalue weighted by molar-refractivity contribution is 7.07. The normalized spacial score (nSPS) is 26.4. The Balaban J connectivity index is 1.80. The van der Waals surface area contributed by atoms with Gasteiger partial charge in [0.15, 0.2) is 0 Å². The second-order valence-corrected chi connectivity index (χ2v) is 5.39. The fourth-order valence-electron chi connectivity index (χ4n) is 2.46. The second kappa shape index (κ2) is 4.26. The van der Waals surface area contributed by atoms with Gasteiger partial charge in [0, 0.05) is 6.54 Å². The van der Waals surface area contributed by atoms with Crippen molar-refractivity contribution >= 4 is 29.4 Å². The Labute approximate surface area is 112 Å². The van der Waals surface area contributed by atoms with E-state index in [1.165, 1.54) is 6.20 Å². The fraction of sp³-hybridized carbons (Fsp3) is 0.500. The summed E-state index contributed by atoms with van der Waals surface area (Å²) in [6.07, 6.45) is 2.60. The minimum absolute atomic E-state index is 0.182. The monoisotopic (exact) mass is 281 g/mol. The smallest absolute Gasteiger partial charge is 0.322 e. The highest BCUT2D eigenvalue weighted by Crippen LogP contribution is 2.25. The molecule has 1 unspecified atom stereocenters. The summed E-state index contributed by atoms with van der Waals surface area (Å²) in [7, 11) is 0. The van der Waals surface area contributed by atoms with E-state index in [-0.39, 0.29) is 18.4 Å². The number of urea groups is 1. The Kier molecular flexibility index (Phi) is 2.70. The number of hydrogen-bond donors (Lipinski definition) is 2. The highest BCUT2D eigenvalue weighted by atomic mass is 32.1. The van der Waals surface area contributed by atoms with Crippen LogP contribution in [0.2, 0.25) is 0 Å². The summed E-state index contributed by atoms with van der Waals surface area (Å²) in [5.41, 5.74) is -0.983. The van der Waals surface area contributed by atoms with Crippen LogP contribution in [0.4, 0.5) is 4.79 Å². The largest absolute Gasteiger partial charge is 0.335 e. The van der Waals surface area contributed by atoms with E-state index in [9.17, 15) is 14.4 Å². The highest BCUT2D eigenvalue weighted by Gasteiger charge is 2.49. The zero-order valence-corrected chi connectivity index (χ0v) is 10.7. The number of nitrogens with zero attached hydrogens (tertiary/aromatic N) is 3. The van der Waals surface area contributed by atoms with Gasteiger partial charge in [0.1, 0.15) is 10.4 Å². The van der Waals surface area contributed by atoms with Crippen LogP contribution in [-0.4, -0.2) is 51.0 Å². The molecule has 2 fully saturated rings. The number of rotatable bonds is 1. The van der Waals surface area contributed by atoms with E-state index in [0.717, 1.165) is 11.5 Å². The first-order valence-corrected chi connectivity index (χ1v) is 6.58. The van der Waals surface area contributed by atoms with Gasteiger partial charge < -0.3 is 10.2 Å². The van der Waals surface area contributed by atoms with Gasteiger partial charge in [-0.1, -0.05) is 4.49 Å². The molecule has 19 heavy (non-hydrogen) atoms. The fourth-order valence-corrected chi connectivity index (χ4v) is 2.95. The summed E-state index contributed by atoms with van der Waals surface area (Å²) >= 11 is 1.02. The molecule has 100 valence electrons. The van der Waals surface area contributed by atoms with Crippen molar-refractivity contribution in [1.82, 2.24) is 25.1 Å². The summed E-state index contributed by atoms with van der Waals surface area (Å²) in [5.74, 6) is -0.569. The number of nitrogens with one attached hydrogen (secondary N) is 2. The van der Waals surface area contributed by atoms with E-state index in [2.05, 4.69) is 20.2 Å². The van der Waals surface area contributed by atoms with Crippen LogP contribution >= 0.6 is 11.5 Å². The molecule has 1 aromatic heterocycles. The van der Waals surface area contributed by atoms with Crippen LogP contribution in [0, 0.1) is 0 Å². The molecule has 0 radical (unpaired) electrons. The number of aromatic nitrogens is 2. The van der Waals surface area contributed by atoms with Gasteiger partial charge >= 0.3 is 6.03 Å². The first kappa shape index (κ1) is 12.0. The van der Waals surface area contributed by atoms with Crippen molar-refractivity contribution in [2.24, 2.45) is 0 Å². The third-order valence-electron chi connectivity index (χ3n) is 3.37. The molecule has 3 rings (SSSR count). The van der Waals surface area contributed by atoms with Crippen LogP contribution < -0.4 is 10.6 Å². The minimum atomic E-state index is -0.983. The molecule has 1 spiro atoms. The first-order valence-electron chi connectivity index (χ1n) is 5.81. The molecule has 0 aromatic carbocycles. The van der Waals surface area contributed by atoms with E-state index in [1.807, 2.05) is 0 Å². The topological polar surface area (TPSA) is 104 Å². The number of imide groups is 1. The van der Waals surface area contributed by atoms with Gasteiger partial charge in [-0.3, -0.25) is 14.9 Å². The van der Waals surface area contributed by atoms with Gasteiger partial charge in [-0.05, 0) is 24.4 Å². The second-order valence-electron chi connectivity index (χ2n) is 4.60. The van der Waals surface area contributed by atoms with Gasteiger partial charge in [-0.15, -0.1) is 5.10 Å². The van der Waals surface area contributed by atoms with Crippen LogP contribution in [0.3, 0.4) is 0 Å². The third-order valence-corrected chi connectivity index (χ3v) is 4.02. The Morgan fingerprint density at radius 1 is 1.47 bits per heavy atom. The molecule has 3 heterocycles. The average Bonchev–Trinajstić information content (AvgIpc) is 2.99. The molecule has 0 bridgehead atoms. The third kappa shape index (κ3) is 1.95. The molecule has 0 saturated carbocycles. The maximum absolute atomic E-state index is 12.2. The van der Waals surface area contributed by atoms with Crippen LogP contribution in [-0.2, 0) is 4.79 Å². The van der Waals surface area contributed by atoms with Crippen molar-refractivity contribution in [3.8, 4) is 0 Å². The van der Waals surface area contributed by atoms with Crippen molar-refractivity contribution in [3.63, 3.8) is 0 Å². The summed E-state index contributed by atoms with van der Waals surface area (Å²) < 4.78 is 3.65. The molecular formula is C10H11N5O3S. The molecule has 4 amide bonds. The van der Waals surface area contributed by atoms with Gasteiger partial charge in [0.05, 0.1) is 12.7 Å². The quantitative estimate of drug-likeness (QED) is 0.666. The zero-order chi connectivity index (χ0) is 13.5. The summed E-state index contributed by atoms with van der Waals surface area (Å²) in [5, 5.41) is 8.48. The molecular weight excluding hydrogens is 270 g/mol. The molecule has 1 atom stereocenters. The molecule has 2 N–H and O–H groups in total. The minimum Gasteiger partial charge on any atom is -0.335 e. The predicted octanol–water partition coefficient (Wildman–Crippen LogP) is -0.648. The molecule has 2 aliphatic rings. The van der Waals surface area contributed by atoms with Gasteiger partial charge in [-0.2, -0.15) is 0 Å². The molecule has 1 aromatic rings. The lowest BCUT2D eigenvalue weighted by Gasteiger charge is -2.37. The Morgan fingerprint density at radius 2 is 2.32 bits per heavy atom. The van der Waals surface area contributed by atoms with Crippen molar-refractivity contribution in [3.05, 3.63) is 11.1 Å². The van der Waals surface area contributed by atoms with Crippen molar-refractivity contribution in [1.29, 1.82) is 0 Å². The van der Waals surface area contributed by atoms with Crippen LogP contribution in [0.1, 0.15) is 22.5 Å². The van der Waals surface area contributed by atoms with Crippen molar-refractivity contribution < 1.29 is 14.4 Å². The lowest BCUT2D eigenvalue weighted by molar-refractivity contribution is -0.125. The molecule has 2 saturated heterocycles. The standard InChI is InChI=1S/C10H11N5O3S/c16-7(6-4-11-14-19-6)15-3-1-2-10(5-15)8(17)12-9(18)13-10/h4H,1-3,5H2,(H2,12,13,17,18). The SMILES string of the molecule is O=C1NC(=O)C2(CCCN(C(=O)c3cnns3)C2)N1. The predicted molar refractivity (Wildman–Crippen MR) is 64.5 cm³/mol. The van der Waals surface area contributed by atoms with Crippen LogP contribution in [0.5, 0.6) is 0 Å². The van der Waals surface area contributed by atoms with Gasteiger partial charge in [0.25, 0.3) is 11.8 Å². The summed E-state index contributed by atoms with van der Waals surface area (Å²) in [6.45, 7) is 0.739. The molecule has 8 nitrogen and oxygen atoms in total. The van der Waals surface area contributed by atoms with E-state index in [4.69, 9.17) is 0 Å². The van der Waals surface area contributed by atoms with E-state index in [0.29, 0.717) is 24.3 Å². The average molecular weight is 281 g/mol. The van der Waals surface area contributed by atoms with E-state index in [1.54, 1.807) is 4.90 Å². The number of carbonyl (C=O) groups excluding carboxylic acids is 3. The van der Waals surface area contributed by atoms with Crippen molar-refractivity contribution in [2.45, 2.75) is 18.4 Å². The summed E-state index contributed by atoms with van der Waals surface area (Å²) in [4.78, 5) is 37.3. The van der Waals surface area contributed by atoms with Crippen LogP contribution in [0.25, 0.3) is 0 Å². The Bertz CT molecular complexity index is 545. The number of likely N-dealkylation sites (tertiary alicyclic amines) is 1. The summed E-state index contributed by atoms with van der Waals surface area (Å²) in [6, 6.07) is -0.501. The van der Waals surface area contributed by atoms with Gasteiger partial charge in [-0.25, -0.2) is 4.79 Å². The Morgan fingerprint density at radius 3 is 2.95 bits per heavy atom. The maximum atomic E-state index is 12.2. The van der Waals surface area contributed by atoms with E-state index < -0.39 is 11.6 Å². The number of carbonyl (C=O) groups is 3. The number of piperidine rings is 1. The lowest BCUT2D eigenvalue weighted by Crippen LogP contribution is -2.59. The molecule has 9 heteroatoms. The maximum Gasteiger partial charge on any atom is 0.322 e. The number of hydrogen-bond acceptors (Lipinski definition) is 6. The van der Waals surface area contributed by atoms with E-state index >= 15 is 0 Å². The zero-order valence-electron chi connectivity index (χ0n) is 9.88. The van der Waals surface area contributed by atoms with Crippen LogP contribution in [0.15, 0.2) is 6.20 Å². The van der Waals surface area contributed by atoms with Crippen molar-refractivity contribution in [2.75, 3.05) is 13.1 Å². The molecule has 0 aliphatic carbocycles. The van der Waals surface area contributed by atoms with Gasteiger partial charge in [0.2, 0.25) is 0 Å². The molecule has 2 aliphatic heterocycles.